The molecule has 3 aromatic rings. The van der Waals surface area contributed by atoms with E-state index >= 15 is 0 Å². The number of para-hydroxylation sites is 1. The zero-order chi connectivity index (χ0) is 22.0. The van der Waals surface area contributed by atoms with E-state index in [1.807, 2.05) is 55.7 Å². The van der Waals surface area contributed by atoms with Crippen LogP contribution in [0.3, 0.4) is 0 Å². The summed E-state index contributed by atoms with van der Waals surface area (Å²) in [6, 6.07) is 8.92. The highest BCUT2D eigenvalue weighted by Crippen LogP contribution is 2.26. The number of aromatic nitrogens is 3. The van der Waals surface area contributed by atoms with E-state index in [4.69, 9.17) is 4.74 Å². The van der Waals surface area contributed by atoms with Crippen LogP contribution >= 0.6 is 0 Å². The Hall–Kier alpha value is -2.97. The Labute approximate surface area is 181 Å². The summed E-state index contributed by atoms with van der Waals surface area (Å²) in [5.74, 6) is -0.0592. The molecule has 1 aliphatic heterocycles. The van der Waals surface area contributed by atoms with Crippen LogP contribution in [-0.4, -0.2) is 64.5 Å². The Balaban J connectivity index is 1.57. The molecule has 0 spiro atoms. The SMILES string of the molecule is Cc1c2cnn(-c3ccccc3)c(=O)c2c(C)n1C(C)C(=O)NCCN1CCOCC1. The van der Waals surface area contributed by atoms with E-state index in [-0.39, 0.29) is 11.5 Å². The molecule has 1 saturated heterocycles. The van der Waals surface area contributed by atoms with Gasteiger partial charge in [0.2, 0.25) is 5.91 Å². The van der Waals surface area contributed by atoms with Gasteiger partial charge in [-0.05, 0) is 32.9 Å². The Morgan fingerprint density at radius 3 is 2.58 bits per heavy atom. The second-order valence-corrected chi connectivity index (χ2v) is 7.95. The van der Waals surface area contributed by atoms with E-state index in [0.29, 0.717) is 17.6 Å². The van der Waals surface area contributed by atoms with Crippen LogP contribution in [-0.2, 0) is 9.53 Å². The van der Waals surface area contributed by atoms with Gasteiger partial charge in [0.1, 0.15) is 6.04 Å². The lowest BCUT2D eigenvalue weighted by molar-refractivity contribution is -0.124. The van der Waals surface area contributed by atoms with E-state index in [1.165, 1.54) is 4.68 Å². The van der Waals surface area contributed by atoms with Crippen molar-refractivity contribution >= 4 is 16.7 Å². The van der Waals surface area contributed by atoms with E-state index < -0.39 is 6.04 Å². The standard InChI is InChI=1S/C23H29N5O3/c1-16-20-15-25-28(19-7-5-4-6-8-19)23(30)21(20)17(2)27(16)18(3)22(29)24-9-10-26-11-13-31-14-12-26/h4-8,15,18H,9-14H2,1-3H3,(H,24,29). The van der Waals surface area contributed by atoms with Crippen LogP contribution < -0.4 is 10.9 Å². The maximum atomic E-state index is 13.2. The van der Waals surface area contributed by atoms with Crippen molar-refractivity contribution in [1.82, 2.24) is 24.6 Å². The number of carbonyl (C=O) groups excluding carboxylic acids is 1. The number of hydrogen-bond donors (Lipinski definition) is 1. The van der Waals surface area contributed by atoms with Crippen molar-refractivity contribution in [3.8, 4) is 5.69 Å². The zero-order valence-corrected chi connectivity index (χ0v) is 18.3. The predicted molar refractivity (Wildman–Crippen MR) is 120 cm³/mol. The van der Waals surface area contributed by atoms with Crippen LogP contribution in [0.4, 0.5) is 0 Å². The van der Waals surface area contributed by atoms with Gasteiger partial charge < -0.3 is 14.6 Å². The highest BCUT2D eigenvalue weighted by molar-refractivity contribution is 5.89. The fourth-order valence-corrected chi connectivity index (χ4v) is 4.34. The van der Waals surface area contributed by atoms with Gasteiger partial charge in [-0.2, -0.15) is 9.78 Å². The molecular weight excluding hydrogens is 394 g/mol. The zero-order valence-electron chi connectivity index (χ0n) is 18.3. The van der Waals surface area contributed by atoms with Crippen LogP contribution in [0, 0.1) is 13.8 Å². The topological polar surface area (TPSA) is 81.4 Å². The van der Waals surface area contributed by atoms with Crippen LogP contribution in [0.1, 0.15) is 24.4 Å². The summed E-state index contributed by atoms with van der Waals surface area (Å²) in [6.07, 6.45) is 1.71. The molecule has 1 aromatic carbocycles. The third-order valence-electron chi connectivity index (χ3n) is 6.05. The molecule has 3 heterocycles. The monoisotopic (exact) mass is 423 g/mol. The number of morpholine rings is 1. The molecule has 0 aliphatic carbocycles. The summed E-state index contributed by atoms with van der Waals surface area (Å²) >= 11 is 0. The Bertz CT molecular complexity index is 1130. The summed E-state index contributed by atoms with van der Waals surface area (Å²) in [5.41, 5.74) is 2.18. The number of aryl methyl sites for hydroxylation is 2. The van der Waals surface area contributed by atoms with E-state index in [0.717, 1.165) is 49.6 Å². The van der Waals surface area contributed by atoms with Crippen molar-refractivity contribution in [2.24, 2.45) is 0 Å². The number of ether oxygens (including phenoxy) is 1. The molecule has 1 fully saturated rings. The number of rotatable bonds is 6. The molecule has 1 amide bonds. The Morgan fingerprint density at radius 2 is 1.87 bits per heavy atom. The minimum absolute atomic E-state index is 0.0592. The van der Waals surface area contributed by atoms with Gasteiger partial charge in [-0.1, -0.05) is 18.2 Å². The fraction of sp³-hybridized carbons (Fsp3) is 0.435. The third kappa shape index (κ3) is 4.13. The average Bonchev–Trinajstić information content (AvgIpc) is 3.05. The number of hydrogen-bond acceptors (Lipinski definition) is 5. The molecule has 4 rings (SSSR count). The Morgan fingerprint density at radius 1 is 1.16 bits per heavy atom. The second kappa shape index (κ2) is 9.03. The van der Waals surface area contributed by atoms with Crippen LogP contribution in [0.2, 0.25) is 0 Å². The van der Waals surface area contributed by atoms with E-state index in [2.05, 4.69) is 15.3 Å². The smallest absolute Gasteiger partial charge is 0.281 e. The van der Waals surface area contributed by atoms with Gasteiger partial charge >= 0.3 is 0 Å². The molecule has 8 nitrogen and oxygen atoms in total. The number of amides is 1. The highest BCUT2D eigenvalue weighted by atomic mass is 16.5. The molecule has 0 saturated carbocycles. The lowest BCUT2D eigenvalue weighted by atomic mass is 10.2. The minimum Gasteiger partial charge on any atom is -0.379 e. The molecule has 164 valence electrons. The normalized spacial score (nSPS) is 15.8. The van der Waals surface area contributed by atoms with Crippen molar-refractivity contribution in [2.75, 3.05) is 39.4 Å². The molecule has 8 heteroatoms. The molecular formula is C23H29N5O3. The molecule has 1 N–H and O–H groups in total. The maximum Gasteiger partial charge on any atom is 0.281 e. The largest absolute Gasteiger partial charge is 0.379 e. The molecule has 1 atom stereocenters. The number of nitrogens with one attached hydrogen (secondary N) is 1. The number of fused-ring (bicyclic) bond motifs is 1. The molecule has 0 bridgehead atoms. The summed E-state index contributed by atoms with van der Waals surface area (Å²) in [6.45, 7) is 10.4. The molecule has 0 radical (unpaired) electrons. The van der Waals surface area contributed by atoms with Crippen molar-refractivity contribution in [3.63, 3.8) is 0 Å². The number of nitrogens with zero attached hydrogens (tertiary/aromatic N) is 4. The van der Waals surface area contributed by atoms with Gasteiger partial charge in [0.05, 0.1) is 30.5 Å². The number of carbonyl (C=O) groups is 1. The first kappa shape index (κ1) is 21.3. The van der Waals surface area contributed by atoms with Gasteiger partial charge in [0, 0.05) is 43.0 Å². The first-order valence-corrected chi connectivity index (χ1v) is 10.7. The number of benzene rings is 1. The van der Waals surface area contributed by atoms with Crippen molar-refractivity contribution in [1.29, 1.82) is 0 Å². The van der Waals surface area contributed by atoms with E-state index in [9.17, 15) is 9.59 Å². The van der Waals surface area contributed by atoms with Crippen molar-refractivity contribution in [2.45, 2.75) is 26.8 Å². The maximum absolute atomic E-state index is 13.2. The van der Waals surface area contributed by atoms with Crippen molar-refractivity contribution < 1.29 is 9.53 Å². The van der Waals surface area contributed by atoms with Gasteiger partial charge in [-0.15, -0.1) is 0 Å². The third-order valence-corrected chi connectivity index (χ3v) is 6.05. The molecule has 1 unspecified atom stereocenters. The average molecular weight is 424 g/mol. The summed E-state index contributed by atoms with van der Waals surface area (Å²) < 4.78 is 8.71. The van der Waals surface area contributed by atoms with Crippen LogP contribution in [0.15, 0.2) is 41.3 Å². The summed E-state index contributed by atoms with van der Waals surface area (Å²) in [4.78, 5) is 28.4. The predicted octanol–water partition coefficient (Wildman–Crippen LogP) is 1.81. The highest BCUT2D eigenvalue weighted by Gasteiger charge is 2.23. The van der Waals surface area contributed by atoms with Crippen LogP contribution in [0.25, 0.3) is 16.5 Å². The lowest BCUT2D eigenvalue weighted by Gasteiger charge is -2.27. The first-order valence-electron chi connectivity index (χ1n) is 10.7. The first-order chi connectivity index (χ1) is 15.0. The Kier molecular flexibility index (Phi) is 6.20. The van der Waals surface area contributed by atoms with Gasteiger partial charge in [-0.25, -0.2) is 0 Å². The van der Waals surface area contributed by atoms with Gasteiger partial charge in [-0.3, -0.25) is 14.5 Å². The summed E-state index contributed by atoms with van der Waals surface area (Å²) in [7, 11) is 0. The van der Waals surface area contributed by atoms with Gasteiger partial charge in [0.15, 0.2) is 0 Å². The quantitative estimate of drug-likeness (QED) is 0.654. The van der Waals surface area contributed by atoms with E-state index in [1.54, 1.807) is 6.20 Å². The fourth-order valence-electron chi connectivity index (χ4n) is 4.34. The molecule has 2 aromatic heterocycles. The van der Waals surface area contributed by atoms with Crippen molar-refractivity contribution in [3.05, 3.63) is 58.3 Å². The second-order valence-electron chi connectivity index (χ2n) is 7.95. The van der Waals surface area contributed by atoms with Crippen LogP contribution in [0.5, 0.6) is 0 Å². The molecule has 31 heavy (non-hydrogen) atoms. The summed E-state index contributed by atoms with van der Waals surface area (Å²) in [5, 5.41) is 8.79. The lowest BCUT2D eigenvalue weighted by Crippen LogP contribution is -2.42. The molecule has 1 aliphatic rings. The van der Waals surface area contributed by atoms with Gasteiger partial charge in [0.25, 0.3) is 5.56 Å². The minimum atomic E-state index is -0.429.